The minimum Gasteiger partial charge on any atom is -0.237 e. The van der Waals surface area contributed by atoms with Gasteiger partial charge < -0.3 is 0 Å². The summed E-state index contributed by atoms with van der Waals surface area (Å²) in [6.45, 7) is 6.59. The Morgan fingerprint density at radius 2 is 1.55 bits per heavy atom. The lowest BCUT2D eigenvalue weighted by Crippen LogP contribution is -2.16. The third kappa shape index (κ3) is 1.73. The average molecular weight is 286 g/mol. The molecule has 2 aromatic carbocycles. The van der Waals surface area contributed by atoms with Crippen LogP contribution in [0.15, 0.2) is 54.7 Å². The van der Waals surface area contributed by atoms with Crippen molar-refractivity contribution >= 4 is 0 Å². The van der Waals surface area contributed by atoms with Gasteiger partial charge in [0.25, 0.3) is 0 Å². The second kappa shape index (κ2) is 4.51. The molecule has 3 aromatic rings. The Hall–Kier alpha value is -2.48. The number of aromatic nitrogens is 2. The molecule has 108 valence electrons. The summed E-state index contributed by atoms with van der Waals surface area (Å²) >= 11 is 0. The first-order valence-electron chi connectivity index (χ1n) is 7.62. The molecule has 0 radical (unpaired) electrons. The summed E-state index contributed by atoms with van der Waals surface area (Å²) in [5, 5.41) is 0. The molecular formula is C20H18N2. The van der Waals surface area contributed by atoms with Crippen molar-refractivity contribution in [2.24, 2.45) is 0 Å². The molecule has 0 saturated carbocycles. The summed E-state index contributed by atoms with van der Waals surface area (Å²) < 4.78 is 0. The van der Waals surface area contributed by atoms with Crippen molar-refractivity contribution in [2.75, 3.05) is 0 Å². The molecular weight excluding hydrogens is 268 g/mol. The second-order valence-electron chi connectivity index (χ2n) is 6.42. The zero-order valence-electron chi connectivity index (χ0n) is 13.1. The Morgan fingerprint density at radius 3 is 2.36 bits per heavy atom. The summed E-state index contributed by atoms with van der Waals surface area (Å²) in [5.74, 6) is 0.817. The van der Waals surface area contributed by atoms with Gasteiger partial charge in [-0.05, 0) is 35.2 Å². The standard InChI is InChI=1S/C20H18N2/c1-13-11-12-21-19(22-13)16-9-6-8-15-14-7-4-5-10-17(14)20(2,3)18(15)16/h4-12H,1-3H3. The first-order chi connectivity index (χ1) is 10.6. The van der Waals surface area contributed by atoms with Gasteiger partial charge in [-0.15, -0.1) is 0 Å². The van der Waals surface area contributed by atoms with Gasteiger partial charge in [0.15, 0.2) is 5.82 Å². The third-order valence-corrected chi connectivity index (χ3v) is 4.62. The lowest BCUT2D eigenvalue weighted by Gasteiger charge is -2.23. The van der Waals surface area contributed by atoms with Gasteiger partial charge in [-0.3, -0.25) is 0 Å². The van der Waals surface area contributed by atoms with E-state index >= 15 is 0 Å². The van der Waals surface area contributed by atoms with E-state index in [9.17, 15) is 0 Å². The highest BCUT2D eigenvalue weighted by molar-refractivity contribution is 5.86. The Labute approximate surface area is 130 Å². The molecule has 1 heterocycles. The SMILES string of the molecule is Cc1ccnc(-c2cccc3c2C(C)(C)c2ccccc2-3)n1. The van der Waals surface area contributed by atoms with E-state index in [4.69, 9.17) is 0 Å². The van der Waals surface area contributed by atoms with Crippen LogP contribution < -0.4 is 0 Å². The molecule has 4 rings (SSSR count). The fourth-order valence-electron chi connectivity index (χ4n) is 3.61. The summed E-state index contributed by atoms with van der Waals surface area (Å²) in [6.07, 6.45) is 1.84. The van der Waals surface area contributed by atoms with E-state index in [1.54, 1.807) is 0 Å². The molecule has 0 bridgehead atoms. The fourth-order valence-corrected chi connectivity index (χ4v) is 3.61. The zero-order valence-corrected chi connectivity index (χ0v) is 13.1. The van der Waals surface area contributed by atoms with E-state index in [0.717, 1.165) is 17.1 Å². The van der Waals surface area contributed by atoms with Crippen LogP contribution in [-0.4, -0.2) is 9.97 Å². The normalized spacial score (nSPS) is 14.5. The zero-order chi connectivity index (χ0) is 15.3. The molecule has 0 N–H and O–H groups in total. The number of hydrogen-bond donors (Lipinski definition) is 0. The van der Waals surface area contributed by atoms with Gasteiger partial charge in [-0.25, -0.2) is 9.97 Å². The highest BCUT2D eigenvalue weighted by Crippen LogP contribution is 2.51. The predicted octanol–water partition coefficient (Wildman–Crippen LogP) is 4.76. The largest absolute Gasteiger partial charge is 0.237 e. The van der Waals surface area contributed by atoms with Gasteiger partial charge in [0, 0.05) is 22.9 Å². The monoisotopic (exact) mass is 286 g/mol. The molecule has 1 aliphatic carbocycles. The molecule has 2 heteroatoms. The van der Waals surface area contributed by atoms with Gasteiger partial charge in [-0.1, -0.05) is 56.3 Å². The molecule has 0 unspecified atom stereocenters. The van der Waals surface area contributed by atoms with Crippen LogP contribution in [0.25, 0.3) is 22.5 Å². The van der Waals surface area contributed by atoms with Crippen molar-refractivity contribution in [1.82, 2.24) is 9.97 Å². The molecule has 0 amide bonds. The number of rotatable bonds is 1. The summed E-state index contributed by atoms with van der Waals surface area (Å²) in [7, 11) is 0. The van der Waals surface area contributed by atoms with Gasteiger partial charge in [0.1, 0.15) is 0 Å². The molecule has 1 aromatic heterocycles. The topological polar surface area (TPSA) is 25.8 Å². The van der Waals surface area contributed by atoms with Crippen LogP contribution in [-0.2, 0) is 5.41 Å². The van der Waals surface area contributed by atoms with Crippen molar-refractivity contribution in [1.29, 1.82) is 0 Å². The first kappa shape index (κ1) is 13.2. The minimum absolute atomic E-state index is 0.0321. The van der Waals surface area contributed by atoms with Crippen LogP contribution in [0, 0.1) is 6.92 Å². The molecule has 1 aliphatic rings. The summed E-state index contributed by atoms with van der Waals surface area (Å²) in [5.41, 5.74) is 7.46. The van der Waals surface area contributed by atoms with Crippen LogP contribution in [0.5, 0.6) is 0 Å². The maximum absolute atomic E-state index is 4.64. The smallest absolute Gasteiger partial charge is 0.159 e. The first-order valence-corrected chi connectivity index (χ1v) is 7.62. The van der Waals surface area contributed by atoms with Crippen molar-refractivity contribution in [3.63, 3.8) is 0 Å². The van der Waals surface area contributed by atoms with E-state index in [0.29, 0.717) is 0 Å². The number of fused-ring (bicyclic) bond motifs is 3. The quantitative estimate of drug-likeness (QED) is 0.644. The molecule has 22 heavy (non-hydrogen) atoms. The number of hydrogen-bond acceptors (Lipinski definition) is 2. The maximum Gasteiger partial charge on any atom is 0.159 e. The number of aryl methyl sites for hydroxylation is 1. The summed E-state index contributed by atoms with van der Waals surface area (Å²) in [4.78, 5) is 9.14. The molecule has 0 fully saturated rings. The van der Waals surface area contributed by atoms with Gasteiger partial charge in [0.05, 0.1) is 0 Å². The molecule has 0 atom stereocenters. The molecule has 2 nitrogen and oxygen atoms in total. The van der Waals surface area contributed by atoms with Crippen LogP contribution in [0.2, 0.25) is 0 Å². The van der Waals surface area contributed by atoms with E-state index in [1.807, 2.05) is 19.2 Å². The van der Waals surface area contributed by atoms with Crippen LogP contribution in [0.4, 0.5) is 0 Å². The van der Waals surface area contributed by atoms with Crippen molar-refractivity contribution < 1.29 is 0 Å². The number of nitrogens with zero attached hydrogens (tertiary/aromatic N) is 2. The van der Waals surface area contributed by atoms with Crippen molar-refractivity contribution in [3.8, 4) is 22.5 Å². The third-order valence-electron chi connectivity index (χ3n) is 4.62. The molecule has 0 aliphatic heterocycles. The molecule has 0 spiro atoms. The molecule has 0 saturated heterocycles. The maximum atomic E-state index is 4.64. The lowest BCUT2D eigenvalue weighted by atomic mass is 9.80. The Bertz CT molecular complexity index is 878. The Morgan fingerprint density at radius 1 is 0.818 bits per heavy atom. The van der Waals surface area contributed by atoms with Crippen molar-refractivity contribution in [3.05, 3.63) is 71.5 Å². The predicted molar refractivity (Wildman–Crippen MR) is 89.8 cm³/mol. The Balaban J connectivity index is 2.04. The van der Waals surface area contributed by atoms with Gasteiger partial charge in [0.2, 0.25) is 0 Å². The second-order valence-corrected chi connectivity index (χ2v) is 6.42. The van der Waals surface area contributed by atoms with E-state index in [2.05, 4.69) is 66.3 Å². The van der Waals surface area contributed by atoms with Crippen molar-refractivity contribution in [2.45, 2.75) is 26.2 Å². The fraction of sp³-hybridized carbons (Fsp3) is 0.200. The Kier molecular flexibility index (Phi) is 2.70. The van der Waals surface area contributed by atoms with E-state index in [-0.39, 0.29) is 5.41 Å². The minimum atomic E-state index is -0.0321. The average Bonchev–Trinajstić information content (AvgIpc) is 2.76. The highest BCUT2D eigenvalue weighted by Gasteiger charge is 2.37. The van der Waals surface area contributed by atoms with Crippen LogP contribution >= 0.6 is 0 Å². The van der Waals surface area contributed by atoms with Gasteiger partial charge in [-0.2, -0.15) is 0 Å². The van der Waals surface area contributed by atoms with Gasteiger partial charge >= 0.3 is 0 Å². The van der Waals surface area contributed by atoms with Crippen LogP contribution in [0.3, 0.4) is 0 Å². The highest BCUT2D eigenvalue weighted by atomic mass is 14.9. The lowest BCUT2D eigenvalue weighted by molar-refractivity contribution is 0.661. The van der Waals surface area contributed by atoms with Crippen LogP contribution in [0.1, 0.15) is 30.7 Å². The number of benzene rings is 2. The summed E-state index contributed by atoms with van der Waals surface area (Å²) in [6, 6.07) is 17.1. The van der Waals surface area contributed by atoms with E-state index < -0.39 is 0 Å². The van der Waals surface area contributed by atoms with E-state index in [1.165, 1.54) is 22.3 Å².